The largest absolute Gasteiger partial charge is 0.457 e. The standard InChI is InChI=1S/C16H13NOS/c17-16-10-13(11-19-16)12-6-8-15(9-7-12)18-14-4-2-1-3-5-14/h1-11H,17H2. The van der Waals surface area contributed by atoms with Crippen molar-refractivity contribution in [1.29, 1.82) is 0 Å². The summed E-state index contributed by atoms with van der Waals surface area (Å²) in [6.45, 7) is 0. The molecule has 0 unspecified atom stereocenters. The van der Waals surface area contributed by atoms with E-state index in [1.807, 2.05) is 60.7 Å². The number of thiophene rings is 1. The molecule has 0 atom stereocenters. The monoisotopic (exact) mass is 267 g/mol. The summed E-state index contributed by atoms with van der Waals surface area (Å²) in [6, 6.07) is 19.8. The highest BCUT2D eigenvalue weighted by Crippen LogP contribution is 2.29. The lowest BCUT2D eigenvalue weighted by Crippen LogP contribution is -1.83. The van der Waals surface area contributed by atoms with Gasteiger partial charge in [0.15, 0.2) is 0 Å². The van der Waals surface area contributed by atoms with E-state index >= 15 is 0 Å². The maximum atomic E-state index is 5.75. The van der Waals surface area contributed by atoms with Crippen LogP contribution >= 0.6 is 11.3 Å². The van der Waals surface area contributed by atoms with E-state index in [4.69, 9.17) is 10.5 Å². The Balaban J connectivity index is 1.79. The second-order valence-electron chi connectivity index (χ2n) is 4.18. The Morgan fingerprint density at radius 3 is 2.11 bits per heavy atom. The van der Waals surface area contributed by atoms with Gasteiger partial charge in [-0.05, 0) is 41.5 Å². The van der Waals surface area contributed by atoms with Crippen LogP contribution in [-0.4, -0.2) is 0 Å². The third-order valence-electron chi connectivity index (χ3n) is 2.79. The highest BCUT2D eigenvalue weighted by atomic mass is 32.1. The third-order valence-corrected chi connectivity index (χ3v) is 3.55. The van der Waals surface area contributed by atoms with E-state index in [1.165, 1.54) is 0 Å². The van der Waals surface area contributed by atoms with Crippen molar-refractivity contribution in [3.63, 3.8) is 0 Å². The van der Waals surface area contributed by atoms with Gasteiger partial charge in [0.1, 0.15) is 11.5 Å². The molecule has 0 saturated heterocycles. The van der Waals surface area contributed by atoms with Gasteiger partial charge >= 0.3 is 0 Å². The Kier molecular flexibility index (Phi) is 3.21. The van der Waals surface area contributed by atoms with Gasteiger partial charge in [0.05, 0.1) is 5.00 Å². The zero-order chi connectivity index (χ0) is 13.1. The van der Waals surface area contributed by atoms with Crippen LogP contribution in [0.1, 0.15) is 0 Å². The van der Waals surface area contributed by atoms with Gasteiger partial charge in [-0.1, -0.05) is 30.3 Å². The molecule has 1 aromatic heterocycles. The number of rotatable bonds is 3. The summed E-state index contributed by atoms with van der Waals surface area (Å²) in [5.74, 6) is 1.67. The highest BCUT2D eigenvalue weighted by Gasteiger charge is 2.01. The summed E-state index contributed by atoms with van der Waals surface area (Å²) in [6.07, 6.45) is 0. The summed E-state index contributed by atoms with van der Waals surface area (Å²) >= 11 is 1.55. The van der Waals surface area contributed by atoms with E-state index in [9.17, 15) is 0 Å². The van der Waals surface area contributed by atoms with E-state index in [0.717, 1.165) is 27.6 Å². The maximum Gasteiger partial charge on any atom is 0.127 e. The van der Waals surface area contributed by atoms with Gasteiger partial charge in [0.25, 0.3) is 0 Å². The summed E-state index contributed by atoms with van der Waals surface area (Å²) in [5, 5.41) is 2.89. The van der Waals surface area contributed by atoms with Gasteiger partial charge < -0.3 is 10.5 Å². The average molecular weight is 267 g/mol. The Morgan fingerprint density at radius 2 is 1.47 bits per heavy atom. The summed E-state index contributed by atoms with van der Waals surface area (Å²) in [5.41, 5.74) is 8.04. The second-order valence-corrected chi connectivity index (χ2v) is 5.12. The van der Waals surface area contributed by atoms with Crippen molar-refractivity contribution in [1.82, 2.24) is 0 Å². The van der Waals surface area contributed by atoms with Crippen molar-refractivity contribution < 1.29 is 4.74 Å². The molecule has 3 heteroatoms. The zero-order valence-electron chi connectivity index (χ0n) is 10.2. The highest BCUT2D eigenvalue weighted by molar-refractivity contribution is 7.14. The van der Waals surface area contributed by atoms with Crippen LogP contribution in [0.25, 0.3) is 11.1 Å². The zero-order valence-corrected chi connectivity index (χ0v) is 11.1. The molecule has 0 aliphatic carbocycles. The molecule has 0 aliphatic rings. The molecule has 0 amide bonds. The molecule has 0 radical (unpaired) electrons. The van der Waals surface area contributed by atoms with Crippen LogP contribution in [0.15, 0.2) is 66.0 Å². The quantitative estimate of drug-likeness (QED) is 0.740. The predicted molar refractivity (Wildman–Crippen MR) is 80.7 cm³/mol. The van der Waals surface area contributed by atoms with Gasteiger partial charge in [-0.25, -0.2) is 0 Å². The number of nitrogen functional groups attached to an aromatic ring is 1. The molecule has 19 heavy (non-hydrogen) atoms. The number of ether oxygens (including phenoxy) is 1. The fourth-order valence-electron chi connectivity index (χ4n) is 1.84. The van der Waals surface area contributed by atoms with Crippen LogP contribution in [0.4, 0.5) is 5.00 Å². The first-order valence-corrected chi connectivity index (χ1v) is 6.86. The van der Waals surface area contributed by atoms with Gasteiger partial charge in [-0.3, -0.25) is 0 Å². The van der Waals surface area contributed by atoms with E-state index in [2.05, 4.69) is 5.38 Å². The van der Waals surface area contributed by atoms with Crippen molar-refractivity contribution in [2.75, 3.05) is 5.73 Å². The molecule has 2 N–H and O–H groups in total. The molecular formula is C16H13NOS. The smallest absolute Gasteiger partial charge is 0.127 e. The van der Waals surface area contributed by atoms with Crippen LogP contribution < -0.4 is 10.5 Å². The van der Waals surface area contributed by atoms with E-state index in [1.54, 1.807) is 11.3 Å². The predicted octanol–water partition coefficient (Wildman–Crippen LogP) is 4.79. The van der Waals surface area contributed by atoms with Crippen molar-refractivity contribution in [3.8, 4) is 22.6 Å². The van der Waals surface area contributed by atoms with Gasteiger partial charge in [0, 0.05) is 5.38 Å². The summed E-state index contributed by atoms with van der Waals surface area (Å²) < 4.78 is 5.75. The normalized spacial score (nSPS) is 10.3. The first kappa shape index (κ1) is 11.8. The molecule has 3 aromatic rings. The van der Waals surface area contributed by atoms with Crippen molar-refractivity contribution in [3.05, 3.63) is 66.0 Å². The molecule has 1 heterocycles. The number of hydrogen-bond donors (Lipinski definition) is 1. The summed E-state index contributed by atoms with van der Waals surface area (Å²) in [7, 11) is 0. The van der Waals surface area contributed by atoms with E-state index in [0.29, 0.717) is 0 Å². The van der Waals surface area contributed by atoms with Crippen LogP contribution in [0.5, 0.6) is 11.5 Å². The van der Waals surface area contributed by atoms with Gasteiger partial charge in [-0.2, -0.15) is 0 Å². The number of anilines is 1. The van der Waals surface area contributed by atoms with E-state index in [-0.39, 0.29) is 0 Å². The molecule has 0 fully saturated rings. The second kappa shape index (κ2) is 5.16. The first-order chi connectivity index (χ1) is 9.31. The van der Waals surface area contributed by atoms with Crippen molar-refractivity contribution >= 4 is 16.3 Å². The lowest BCUT2D eigenvalue weighted by atomic mass is 10.1. The van der Waals surface area contributed by atoms with E-state index < -0.39 is 0 Å². The Morgan fingerprint density at radius 1 is 0.789 bits per heavy atom. The topological polar surface area (TPSA) is 35.2 Å². The van der Waals surface area contributed by atoms with Crippen molar-refractivity contribution in [2.45, 2.75) is 0 Å². The minimum atomic E-state index is 0.832. The molecule has 2 nitrogen and oxygen atoms in total. The minimum Gasteiger partial charge on any atom is -0.457 e. The first-order valence-electron chi connectivity index (χ1n) is 5.98. The number of hydrogen-bond acceptors (Lipinski definition) is 3. The molecular weight excluding hydrogens is 254 g/mol. The Bertz CT molecular complexity index is 659. The molecule has 0 saturated carbocycles. The average Bonchev–Trinajstić information content (AvgIpc) is 2.87. The Hall–Kier alpha value is -2.26. The van der Waals surface area contributed by atoms with Gasteiger partial charge in [-0.15, -0.1) is 11.3 Å². The third kappa shape index (κ3) is 2.77. The van der Waals surface area contributed by atoms with Crippen LogP contribution in [0, 0.1) is 0 Å². The molecule has 94 valence electrons. The molecule has 3 rings (SSSR count). The Labute approximate surface area is 116 Å². The van der Waals surface area contributed by atoms with Crippen LogP contribution in [0.3, 0.4) is 0 Å². The number of benzene rings is 2. The minimum absolute atomic E-state index is 0.832. The van der Waals surface area contributed by atoms with Crippen LogP contribution in [0.2, 0.25) is 0 Å². The molecule has 2 aromatic carbocycles. The lowest BCUT2D eigenvalue weighted by Gasteiger charge is -2.06. The molecule has 0 spiro atoms. The molecule has 0 bridgehead atoms. The van der Waals surface area contributed by atoms with Crippen molar-refractivity contribution in [2.24, 2.45) is 0 Å². The van der Waals surface area contributed by atoms with Gasteiger partial charge in [0.2, 0.25) is 0 Å². The lowest BCUT2D eigenvalue weighted by molar-refractivity contribution is 0.483. The number of para-hydroxylation sites is 1. The van der Waals surface area contributed by atoms with Crippen LogP contribution in [-0.2, 0) is 0 Å². The fourth-order valence-corrected chi connectivity index (χ4v) is 2.51. The maximum absolute atomic E-state index is 5.75. The molecule has 0 aliphatic heterocycles. The SMILES string of the molecule is Nc1cc(-c2ccc(Oc3ccccc3)cc2)cs1. The fraction of sp³-hybridized carbons (Fsp3) is 0. The summed E-state index contributed by atoms with van der Waals surface area (Å²) in [4.78, 5) is 0. The number of nitrogens with two attached hydrogens (primary N) is 1.